The molecule has 12 heavy (non-hydrogen) atoms. The Labute approximate surface area is 73.3 Å². The van der Waals surface area contributed by atoms with Crippen molar-refractivity contribution < 1.29 is 5.11 Å². The Bertz CT molecular complexity index is 269. The maximum atomic E-state index is 9.44. The van der Waals surface area contributed by atoms with Crippen LogP contribution >= 0.6 is 0 Å². The van der Waals surface area contributed by atoms with E-state index in [4.69, 9.17) is 0 Å². The predicted molar refractivity (Wildman–Crippen MR) is 49.1 cm³/mol. The van der Waals surface area contributed by atoms with Gasteiger partial charge < -0.3 is 5.11 Å². The van der Waals surface area contributed by atoms with Crippen molar-refractivity contribution in [1.29, 1.82) is 0 Å². The normalized spacial score (nSPS) is 13.1. The molecule has 0 saturated carbocycles. The number of aryl methyl sites for hydroxylation is 3. The van der Waals surface area contributed by atoms with Crippen molar-refractivity contribution in [1.82, 2.24) is 4.98 Å². The lowest BCUT2D eigenvalue weighted by molar-refractivity contribution is 0.197. The molecule has 0 saturated heterocycles. The van der Waals surface area contributed by atoms with Gasteiger partial charge >= 0.3 is 0 Å². The van der Waals surface area contributed by atoms with E-state index in [1.807, 2.05) is 26.8 Å². The summed E-state index contributed by atoms with van der Waals surface area (Å²) in [5.41, 5.74) is 4.02. The van der Waals surface area contributed by atoms with E-state index in [1.54, 1.807) is 6.92 Å². The van der Waals surface area contributed by atoms with E-state index in [-0.39, 0.29) is 0 Å². The molecule has 1 heterocycles. The zero-order chi connectivity index (χ0) is 9.30. The van der Waals surface area contributed by atoms with Gasteiger partial charge in [0.15, 0.2) is 0 Å². The molecule has 0 aromatic carbocycles. The van der Waals surface area contributed by atoms with Gasteiger partial charge in [-0.25, -0.2) is 0 Å². The average molecular weight is 165 g/mol. The first-order chi connectivity index (χ1) is 5.52. The Morgan fingerprint density at radius 1 is 1.33 bits per heavy atom. The van der Waals surface area contributed by atoms with E-state index in [0.29, 0.717) is 0 Å². The topological polar surface area (TPSA) is 33.1 Å². The molecule has 0 spiro atoms. The van der Waals surface area contributed by atoms with Crippen LogP contribution in [0.4, 0.5) is 0 Å². The number of aliphatic hydroxyl groups is 1. The Morgan fingerprint density at radius 2 is 1.92 bits per heavy atom. The van der Waals surface area contributed by atoms with Crippen LogP contribution in [0.5, 0.6) is 0 Å². The van der Waals surface area contributed by atoms with E-state index >= 15 is 0 Å². The standard InChI is InChI=1S/C10H15NO/c1-6-5-7(2)11-8(3)10(6)9(4)12/h5,9,12H,1-4H3/t9-/m0/s1. The molecule has 0 aliphatic rings. The highest BCUT2D eigenvalue weighted by molar-refractivity contribution is 5.32. The predicted octanol–water partition coefficient (Wildman–Crippen LogP) is 2.06. The molecule has 0 unspecified atom stereocenters. The summed E-state index contributed by atoms with van der Waals surface area (Å²) >= 11 is 0. The van der Waals surface area contributed by atoms with Crippen LogP contribution < -0.4 is 0 Å². The minimum Gasteiger partial charge on any atom is -0.389 e. The van der Waals surface area contributed by atoms with Crippen molar-refractivity contribution in [3.05, 3.63) is 28.6 Å². The first-order valence-electron chi connectivity index (χ1n) is 4.15. The van der Waals surface area contributed by atoms with Gasteiger partial charge in [-0.15, -0.1) is 0 Å². The number of rotatable bonds is 1. The van der Waals surface area contributed by atoms with Crippen molar-refractivity contribution in [3.8, 4) is 0 Å². The molecule has 1 aromatic heterocycles. The highest BCUT2D eigenvalue weighted by atomic mass is 16.3. The zero-order valence-electron chi connectivity index (χ0n) is 8.05. The fourth-order valence-corrected chi connectivity index (χ4v) is 1.67. The molecule has 1 aromatic rings. The van der Waals surface area contributed by atoms with Crippen LogP contribution in [-0.2, 0) is 0 Å². The summed E-state index contributed by atoms with van der Waals surface area (Å²) in [5, 5.41) is 9.44. The number of hydrogen-bond acceptors (Lipinski definition) is 2. The second kappa shape index (κ2) is 3.23. The number of aromatic nitrogens is 1. The first-order valence-corrected chi connectivity index (χ1v) is 4.15. The summed E-state index contributed by atoms with van der Waals surface area (Å²) in [5.74, 6) is 0. The van der Waals surface area contributed by atoms with Crippen molar-refractivity contribution >= 4 is 0 Å². The van der Waals surface area contributed by atoms with Crippen LogP contribution in [-0.4, -0.2) is 10.1 Å². The lowest BCUT2D eigenvalue weighted by Gasteiger charge is -2.12. The highest BCUT2D eigenvalue weighted by Gasteiger charge is 2.09. The Kier molecular flexibility index (Phi) is 2.48. The third-order valence-electron chi connectivity index (χ3n) is 2.00. The minimum absolute atomic E-state index is 0.418. The molecule has 0 amide bonds. The largest absolute Gasteiger partial charge is 0.389 e. The molecule has 2 heteroatoms. The molecule has 0 aliphatic heterocycles. The summed E-state index contributed by atoms with van der Waals surface area (Å²) in [6, 6.07) is 2.00. The summed E-state index contributed by atoms with van der Waals surface area (Å²) in [6.45, 7) is 7.67. The van der Waals surface area contributed by atoms with Gasteiger partial charge in [0.2, 0.25) is 0 Å². The molecular weight excluding hydrogens is 150 g/mol. The third kappa shape index (κ3) is 1.64. The van der Waals surface area contributed by atoms with E-state index in [0.717, 1.165) is 22.5 Å². The summed E-state index contributed by atoms with van der Waals surface area (Å²) in [6.07, 6.45) is -0.418. The summed E-state index contributed by atoms with van der Waals surface area (Å²) in [7, 11) is 0. The summed E-state index contributed by atoms with van der Waals surface area (Å²) < 4.78 is 0. The fourth-order valence-electron chi connectivity index (χ4n) is 1.67. The Hall–Kier alpha value is -0.890. The monoisotopic (exact) mass is 165 g/mol. The summed E-state index contributed by atoms with van der Waals surface area (Å²) in [4.78, 5) is 4.30. The maximum absolute atomic E-state index is 9.44. The number of nitrogens with zero attached hydrogens (tertiary/aromatic N) is 1. The highest BCUT2D eigenvalue weighted by Crippen LogP contribution is 2.20. The van der Waals surface area contributed by atoms with Gasteiger partial charge in [-0.2, -0.15) is 0 Å². The molecule has 0 aliphatic carbocycles. The van der Waals surface area contributed by atoms with E-state index < -0.39 is 6.10 Å². The molecule has 0 fully saturated rings. The number of hydrogen-bond donors (Lipinski definition) is 1. The third-order valence-corrected chi connectivity index (χ3v) is 2.00. The van der Waals surface area contributed by atoms with Gasteiger partial charge in [0.1, 0.15) is 0 Å². The smallest absolute Gasteiger partial charge is 0.0782 e. The average Bonchev–Trinajstić information content (AvgIpc) is 1.82. The lowest BCUT2D eigenvalue weighted by Crippen LogP contribution is -2.02. The molecule has 1 rings (SSSR count). The maximum Gasteiger partial charge on any atom is 0.0782 e. The number of pyridine rings is 1. The molecule has 2 nitrogen and oxygen atoms in total. The van der Waals surface area contributed by atoms with Crippen LogP contribution in [0.3, 0.4) is 0 Å². The van der Waals surface area contributed by atoms with Crippen LogP contribution in [0.25, 0.3) is 0 Å². The molecule has 1 atom stereocenters. The van der Waals surface area contributed by atoms with Gasteiger partial charge in [-0.3, -0.25) is 4.98 Å². The fraction of sp³-hybridized carbons (Fsp3) is 0.500. The van der Waals surface area contributed by atoms with Crippen molar-refractivity contribution in [3.63, 3.8) is 0 Å². The second-order valence-electron chi connectivity index (χ2n) is 3.26. The SMILES string of the molecule is Cc1cc(C)c([C@H](C)O)c(C)n1. The van der Waals surface area contributed by atoms with E-state index in [1.165, 1.54) is 0 Å². The first kappa shape index (κ1) is 9.20. The quantitative estimate of drug-likeness (QED) is 0.691. The van der Waals surface area contributed by atoms with Crippen LogP contribution in [0.1, 0.15) is 35.5 Å². The molecule has 1 N–H and O–H groups in total. The van der Waals surface area contributed by atoms with Crippen molar-refractivity contribution in [2.75, 3.05) is 0 Å². The van der Waals surface area contributed by atoms with E-state index in [9.17, 15) is 5.11 Å². The van der Waals surface area contributed by atoms with Gasteiger partial charge in [-0.05, 0) is 39.3 Å². The molecule has 0 radical (unpaired) electrons. The molecular formula is C10H15NO. The minimum atomic E-state index is -0.418. The Balaban J connectivity index is 3.28. The van der Waals surface area contributed by atoms with Crippen molar-refractivity contribution in [2.45, 2.75) is 33.8 Å². The number of aliphatic hydroxyl groups excluding tert-OH is 1. The second-order valence-corrected chi connectivity index (χ2v) is 3.26. The Morgan fingerprint density at radius 3 is 2.33 bits per heavy atom. The van der Waals surface area contributed by atoms with Crippen LogP contribution in [0, 0.1) is 20.8 Å². The molecule has 0 bridgehead atoms. The van der Waals surface area contributed by atoms with Gasteiger partial charge in [0, 0.05) is 17.0 Å². The molecule has 66 valence electrons. The van der Waals surface area contributed by atoms with E-state index in [2.05, 4.69) is 4.98 Å². The van der Waals surface area contributed by atoms with Crippen LogP contribution in [0.15, 0.2) is 6.07 Å². The van der Waals surface area contributed by atoms with Gasteiger partial charge in [0.25, 0.3) is 0 Å². The van der Waals surface area contributed by atoms with Crippen LogP contribution in [0.2, 0.25) is 0 Å². The van der Waals surface area contributed by atoms with Crippen molar-refractivity contribution in [2.24, 2.45) is 0 Å². The lowest BCUT2D eigenvalue weighted by atomic mass is 10.0. The van der Waals surface area contributed by atoms with Gasteiger partial charge in [0.05, 0.1) is 6.10 Å². The van der Waals surface area contributed by atoms with Gasteiger partial charge in [-0.1, -0.05) is 0 Å². The zero-order valence-corrected chi connectivity index (χ0v) is 8.05.